The third kappa shape index (κ3) is 3.50. The van der Waals surface area contributed by atoms with Crippen LogP contribution in [0.2, 0.25) is 0 Å². The first-order chi connectivity index (χ1) is 12.9. The van der Waals surface area contributed by atoms with Gasteiger partial charge in [0.2, 0.25) is 0 Å². The van der Waals surface area contributed by atoms with Gasteiger partial charge >= 0.3 is 12.3 Å². The molecule has 0 unspecified atom stereocenters. The summed E-state index contributed by atoms with van der Waals surface area (Å²) in [5, 5.41) is 5.56. The number of pyridine rings is 1. The van der Waals surface area contributed by atoms with E-state index in [-0.39, 0.29) is 29.6 Å². The zero-order valence-corrected chi connectivity index (χ0v) is 14.0. The standard InChI is InChI=1S/C16H15F3N6O2/c17-16(18,19)9-5-11(23-12(6-9)25-3-1-20-2-4-25)13-10-7-27-15(26)24-14(10)22-8-21-13/h5-6,8,20H,1-4,7H2,(H,21,22,24,26). The number of cyclic esters (lactones) is 1. The molecule has 0 atom stereocenters. The van der Waals surface area contributed by atoms with Gasteiger partial charge in [-0.1, -0.05) is 0 Å². The Morgan fingerprint density at radius 3 is 2.67 bits per heavy atom. The predicted octanol–water partition coefficient (Wildman–Crippen LogP) is 2.03. The lowest BCUT2D eigenvalue weighted by Gasteiger charge is -2.29. The van der Waals surface area contributed by atoms with Crippen molar-refractivity contribution in [2.75, 3.05) is 36.4 Å². The maximum Gasteiger partial charge on any atom is 0.416 e. The topological polar surface area (TPSA) is 92.3 Å². The first kappa shape index (κ1) is 17.5. The number of rotatable bonds is 2. The van der Waals surface area contributed by atoms with E-state index in [1.165, 1.54) is 6.33 Å². The van der Waals surface area contributed by atoms with Gasteiger partial charge in [0.1, 0.15) is 30.3 Å². The molecule has 2 aliphatic rings. The Kier molecular flexibility index (Phi) is 4.30. The second-order valence-corrected chi connectivity index (χ2v) is 6.08. The van der Waals surface area contributed by atoms with Crippen LogP contribution in [0.5, 0.6) is 0 Å². The minimum atomic E-state index is -4.53. The molecule has 0 bridgehead atoms. The third-order valence-corrected chi connectivity index (χ3v) is 4.34. The summed E-state index contributed by atoms with van der Waals surface area (Å²) in [5.41, 5.74) is -0.177. The molecule has 27 heavy (non-hydrogen) atoms. The molecule has 2 aromatic rings. The summed E-state index contributed by atoms with van der Waals surface area (Å²) in [5.74, 6) is 0.439. The number of anilines is 2. The van der Waals surface area contributed by atoms with Crippen molar-refractivity contribution in [3.63, 3.8) is 0 Å². The fourth-order valence-electron chi connectivity index (χ4n) is 3.00. The quantitative estimate of drug-likeness (QED) is 0.824. The Bertz CT molecular complexity index is 883. The summed E-state index contributed by atoms with van der Waals surface area (Å²) in [6.45, 7) is 2.29. The van der Waals surface area contributed by atoms with Gasteiger partial charge in [0, 0.05) is 26.2 Å². The number of carbonyl (C=O) groups excluding carboxylic acids is 1. The van der Waals surface area contributed by atoms with Gasteiger partial charge in [0.15, 0.2) is 0 Å². The van der Waals surface area contributed by atoms with E-state index in [1.54, 1.807) is 4.90 Å². The first-order valence-electron chi connectivity index (χ1n) is 8.25. The van der Waals surface area contributed by atoms with Crippen molar-refractivity contribution in [2.45, 2.75) is 12.8 Å². The van der Waals surface area contributed by atoms with E-state index in [0.717, 1.165) is 12.1 Å². The fourth-order valence-corrected chi connectivity index (χ4v) is 3.00. The van der Waals surface area contributed by atoms with Crippen molar-refractivity contribution in [1.29, 1.82) is 0 Å². The van der Waals surface area contributed by atoms with Crippen molar-refractivity contribution in [3.8, 4) is 11.4 Å². The number of aromatic nitrogens is 3. The Morgan fingerprint density at radius 1 is 1.15 bits per heavy atom. The summed E-state index contributed by atoms with van der Waals surface area (Å²) < 4.78 is 45.3. The molecule has 1 fully saturated rings. The number of nitrogens with zero attached hydrogens (tertiary/aromatic N) is 4. The average molecular weight is 380 g/mol. The zero-order chi connectivity index (χ0) is 19.0. The highest BCUT2D eigenvalue weighted by molar-refractivity contribution is 5.87. The second-order valence-electron chi connectivity index (χ2n) is 6.08. The molecule has 0 spiro atoms. The average Bonchev–Trinajstić information content (AvgIpc) is 2.67. The maximum absolute atomic E-state index is 13.4. The molecule has 0 aliphatic carbocycles. The molecular formula is C16H15F3N6O2. The van der Waals surface area contributed by atoms with Crippen LogP contribution >= 0.6 is 0 Å². The smallest absolute Gasteiger partial charge is 0.416 e. The number of hydrogen-bond donors (Lipinski definition) is 2. The lowest BCUT2D eigenvalue weighted by molar-refractivity contribution is -0.137. The number of carbonyl (C=O) groups is 1. The molecule has 0 aromatic carbocycles. The van der Waals surface area contributed by atoms with Crippen LogP contribution in [0, 0.1) is 0 Å². The lowest BCUT2D eigenvalue weighted by Crippen LogP contribution is -2.44. The molecule has 2 aromatic heterocycles. The summed E-state index contributed by atoms with van der Waals surface area (Å²) in [6, 6.07) is 1.99. The van der Waals surface area contributed by atoms with E-state index in [9.17, 15) is 18.0 Å². The molecule has 2 aliphatic heterocycles. The first-order valence-corrected chi connectivity index (χ1v) is 8.25. The Hall–Kier alpha value is -2.95. The van der Waals surface area contributed by atoms with Gasteiger partial charge < -0.3 is 15.0 Å². The number of hydrogen-bond acceptors (Lipinski definition) is 7. The highest BCUT2D eigenvalue weighted by atomic mass is 19.4. The van der Waals surface area contributed by atoms with Crippen molar-refractivity contribution >= 4 is 17.7 Å². The van der Waals surface area contributed by atoms with Gasteiger partial charge in [-0.05, 0) is 12.1 Å². The number of alkyl halides is 3. The molecular weight excluding hydrogens is 365 g/mol. The molecule has 0 saturated carbocycles. The van der Waals surface area contributed by atoms with Crippen LogP contribution in [-0.4, -0.2) is 47.2 Å². The van der Waals surface area contributed by atoms with Crippen LogP contribution in [0.25, 0.3) is 11.4 Å². The van der Waals surface area contributed by atoms with Gasteiger partial charge in [0.05, 0.1) is 16.8 Å². The molecule has 2 N–H and O–H groups in total. The largest absolute Gasteiger partial charge is 0.444 e. The van der Waals surface area contributed by atoms with Gasteiger partial charge in [-0.2, -0.15) is 13.2 Å². The van der Waals surface area contributed by atoms with Crippen LogP contribution < -0.4 is 15.5 Å². The number of nitrogens with one attached hydrogen (secondary N) is 2. The van der Waals surface area contributed by atoms with Crippen LogP contribution in [0.3, 0.4) is 0 Å². The van der Waals surface area contributed by atoms with Crippen molar-refractivity contribution in [2.24, 2.45) is 0 Å². The van der Waals surface area contributed by atoms with Crippen LogP contribution in [-0.2, 0) is 17.5 Å². The monoisotopic (exact) mass is 380 g/mol. The van der Waals surface area contributed by atoms with E-state index in [4.69, 9.17) is 4.74 Å². The van der Waals surface area contributed by atoms with Gasteiger partial charge in [-0.3, -0.25) is 5.32 Å². The van der Waals surface area contributed by atoms with Crippen LogP contribution in [0.15, 0.2) is 18.5 Å². The summed E-state index contributed by atoms with van der Waals surface area (Å²) in [6.07, 6.45) is -4.03. The van der Waals surface area contributed by atoms with E-state index in [1.807, 2.05) is 0 Å². The van der Waals surface area contributed by atoms with Gasteiger partial charge in [-0.15, -0.1) is 0 Å². The molecule has 8 nitrogen and oxygen atoms in total. The lowest BCUT2D eigenvalue weighted by atomic mass is 10.1. The minimum absolute atomic E-state index is 0.0526. The number of piperazine rings is 1. The molecule has 142 valence electrons. The van der Waals surface area contributed by atoms with Crippen molar-refractivity contribution in [1.82, 2.24) is 20.3 Å². The number of ether oxygens (including phenoxy) is 1. The molecule has 0 radical (unpaired) electrons. The molecule has 1 amide bonds. The molecule has 11 heteroatoms. The number of fused-ring (bicyclic) bond motifs is 1. The Balaban J connectivity index is 1.83. The SMILES string of the molecule is O=C1Nc2ncnc(-c3cc(C(F)(F)F)cc(N4CCNCC4)n3)c2CO1. The fraction of sp³-hybridized carbons (Fsp3) is 0.375. The Labute approximate surface area is 151 Å². The van der Waals surface area contributed by atoms with E-state index >= 15 is 0 Å². The predicted molar refractivity (Wildman–Crippen MR) is 89.2 cm³/mol. The normalized spacial score (nSPS) is 17.1. The summed E-state index contributed by atoms with van der Waals surface area (Å²) in [7, 11) is 0. The second kappa shape index (κ2) is 6.65. The molecule has 1 saturated heterocycles. The number of halogens is 3. The van der Waals surface area contributed by atoms with E-state index in [0.29, 0.717) is 31.7 Å². The zero-order valence-electron chi connectivity index (χ0n) is 14.0. The number of amides is 1. The summed E-state index contributed by atoms with van der Waals surface area (Å²) >= 11 is 0. The van der Waals surface area contributed by atoms with E-state index < -0.39 is 17.8 Å². The van der Waals surface area contributed by atoms with Crippen molar-refractivity contribution in [3.05, 3.63) is 29.6 Å². The summed E-state index contributed by atoms with van der Waals surface area (Å²) in [4.78, 5) is 25.6. The third-order valence-electron chi connectivity index (χ3n) is 4.34. The van der Waals surface area contributed by atoms with Crippen LogP contribution in [0.1, 0.15) is 11.1 Å². The van der Waals surface area contributed by atoms with Crippen molar-refractivity contribution < 1.29 is 22.7 Å². The van der Waals surface area contributed by atoms with Gasteiger partial charge in [0.25, 0.3) is 0 Å². The highest BCUT2D eigenvalue weighted by Crippen LogP contribution is 2.36. The van der Waals surface area contributed by atoms with Crippen LogP contribution in [0.4, 0.5) is 29.6 Å². The molecule has 4 heterocycles. The highest BCUT2D eigenvalue weighted by Gasteiger charge is 2.33. The van der Waals surface area contributed by atoms with E-state index in [2.05, 4.69) is 25.6 Å². The molecule has 4 rings (SSSR count). The minimum Gasteiger partial charge on any atom is -0.444 e. The van der Waals surface area contributed by atoms with Gasteiger partial charge in [-0.25, -0.2) is 19.7 Å². The Morgan fingerprint density at radius 2 is 1.93 bits per heavy atom. The maximum atomic E-state index is 13.4.